The number of benzene rings is 1. The van der Waals surface area contributed by atoms with Gasteiger partial charge >= 0.3 is 0 Å². The standard InChI is InChI=1S/C15H14F2N4O/c16-10-4-3-5-11(17)14(10)18-15(22)12-6-7-13(20-19-12)21-8-1-2-9-21/h3-7H,1-2,8-9H2,(H,18,22). The zero-order valence-electron chi connectivity index (χ0n) is 11.7. The van der Waals surface area contributed by atoms with Crippen LogP contribution in [0.15, 0.2) is 30.3 Å². The highest BCUT2D eigenvalue weighted by Gasteiger charge is 2.17. The fourth-order valence-electron chi connectivity index (χ4n) is 2.36. The fraction of sp³-hybridized carbons (Fsp3) is 0.267. The fourth-order valence-corrected chi connectivity index (χ4v) is 2.36. The number of hydrogen-bond donors (Lipinski definition) is 1. The summed E-state index contributed by atoms with van der Waals surface area (Å²) < 4.78 is 27.0. The first-order chi connectivity index (χ1) is 10.6. The van der Waals surface area contributed by atoms with Gasteiger partial charge in [-0.15, -0.1) is 10.2 Å². The molecule has 0 unspecified atom stereocenters. The Labute approximate surface area is 126 Å². The summed E-state index contributed by atoms with van der Waals surface area (Å²) in [4.78, 5) is 14.1. The average Bonchev–Trinajstić information content (AvgIpc) is 3.05. The van der Waals surface area contributed by atoms with Crippen LogP contribution >= 0.6 is 0 Å². The topological polar surface area (TPSA) is 58.1 Å². The molecule has 5 nitrogen and oxygen atoms in total. The van der Waals surface area contributed by atoms with E-state index in [0.29, 0.717) is 5.82 Å². The van der Waals surface area contributed by atoms with E-state index in [1.54, 1.807) is 6.07 Å². The summed E-state index contributed by atoms with van der Waals surface area (Å²) in [6, 6.07) is 6.55. The highest BCUT2D eigenvalue weighted by molar-refractivity contribution is 6.02. The SMILES string of the molecule is O=C(Nc1c(F)cccc1F)c1ccc(N2CCCC2)nn1. The minimum atomic E-state index is -0.838. The monoisotopic (exact) mass is 304 g/mol. The van der Waals surface area contributed by atoms with Gasteiger partial charge < -0.3 is 10.2 Å². The van der Waals surface area contributed by atoms with E-state index in [1.165, 1.54) is 12.1 Å². The predicted octanol–water partition coefficient (Wildman–Crippen LogP) is 2.61. The number of carbonyl (C=O) groups is 1. The van der Waals surface area contributed by atoms with Crippen molar-refractivity contribution in [1.29, 1.82) is 0 Å². The Morgan fingerprint density at radius 3 is 2.32 bits per heavy atom. The van der Waals surface area contributed by atoms with Gasteiger partial charge in [-0.2, -0.15) is 0 Å². The van der Waals surface area contributed by atoms with Gasteiger partial charge in [-0.1, -0.05) is 6.07 Å². The molecule has 22 heavy (non-hydrogen) atoms. The lowest BCUT2D eigenvalue weighted by molar-refractivity contribution is 0.102. The Bertz CT molecular complexity index is 664. The average molecular weight is 304 g/mol. The number of nitrogens with one attached hydrogen (secondary N) is 1. The lowest BCUT2D eigenvalue weighted by Crippen LogP contribution is -2.21. The zero-order valence-corrected chi connectivity index (χ0v) is 11.7. The van der Waals surface area contributed by atoms with Crippen LogP contribution in [-0.2, 0) is 0 Å². The maximum atomic E-state index is 13.5. The summed E-state index contributed by atoms with van der Waals surface area (Å²) in [7, 11) is 0. The van der Waals surface area contributed by atoms with Gasteiger partial charge in [0.05, 0.1) is 0 Å². The molecule has 0 bridgehead atoms. The third-order valence-corrected chi connectivity index (χ3v) is 3.51. The van der Waals surface area contributed by atoms with E-state index < -0.39 is 23.2 Å². The largest absolute Gasteiger partial charge is 0.355 e. The number of rotatable bonds is 3. The number of nitrogens with zero attached hydrogens (tertiary/aromatic N) is 3. The van der Waals surface area contributed by atoms with Gasteiger partial charge in [0.15, 0.2) is 11.5 Å². The van der Waals surface area contributed by atoms with Gasteiger partial charge in [0.1, 0.15) is 17.3 Å². The lowest BCUT2D eigenvalue weighted by atomic mass is 10.2. The Morgan fingerprint density at radius 1 is 1.05 bits per heavy atom. The summed E-state index contributed by atoms with van der Waals surface area (Å²) in [6.45, 7) is 1.83. The van der Waals surface area contributed by atoms with Crippen LogP contribution in [0.3, 0.4) is 0 Å². The molecule has 3 rings (SSSR count). The normalized spacial score (nSPS) is 14.2. The number of carbonyl (C=O) groups excluding carboxylic acids is 1. The molecule has 0 aliphatic carbocycles. The molecule has 0 radical (unpaired) electrons. The van der Waals surface area contributed by atoms with Crippen molar-refractivity contribution in [3.8, 4) is 0 Å². The Kier molecular flexibility index (Phi) is 3.95. The summed E-state index contributed by atoms with van der Waals surface area (Å²) in [5.41, 5.74) is -0.483. The summed E-state index contributed by atoms with van der Waals surface area (Å²) in [5, 5.41) is 10.0. The Hall–Kier alpha value is -2.57. The predicted molar refractivity (Wildman–Crippen MR) is 77.8 cm³/mol. The van der Waals surface area contributed by atoms with Crippen molar-refractivity contribution in [2.24, 2.45) is 0 Å². The van der Waals surface area contributed by atoms with Crippen molar-refractivity contribution in [3.05, 3.63) is 47.7 Å². The molecule has 2 aromatic rings. The molecule has 114 valence electrons. The molecule has 1 fully saturated rings. The molecule has 0 atom stereocenters. The molecule has 1 amide bonds. The molecule has 0 spiro atoms. The molecular formula is C15H14F2N4O. The van der Waals surface area contributed by atoms with Crippen molar-refractivity contribution >= 4 is 17.4 Å². The van der Waals surface area contributed by atoms with Crippen molar-refractivity contribution in [2.75, 3.05) is 23.3 Å². The summed E-state index contributed by atoms with van der Waals surface area (Å²) >= 11 is 0. The van der Waals surface area contributed by atoms with Crippen molar-refractivity contribution in [2.45, 2.75) is 12.8 Å². The maximum Gasteiger partial charge on any atom is 0.276 e. The second-order valence-corrected chi connectivity index (χ2v) is 5.02. The highest BCUT2D eigenvalue weighted by Crippen LogP contribution is 2.19. The van der Waals surface area contributed by atoms with Gasteiger partial charge in [0, 0.05) is 13.1 Å². The number of para-hydroxylation sites is 1. The van der Waals surface area contributed by atoms with Crippen LogP contribution in [0.25, 0.3) is 0 Å². The number of hydrogen-bond acceptors (Lipinski definition) is 4. The Balaban J connectivity index is 1.75. The smallest absolute Gasteiger partial charge is 0.276 e. The molecule has 2 heterocycles. The van der Waals surface area contributed by atoms with Crippen LogP contribution < -0.4 is 10.2 Å². The minimum Gasteiger partial charge on any atom is -0.355 e. The second kappa shape index (κ2) is 6.05. The summed E-state index contributed by atoms with van der Waals surface area (Å²) in [6.07, 6.45) is 2.22. The van der Waals surface area contributed by atoms with E-state index in [1.807, 2.05) is 0 Å². The Morgan fingerprint density at radius 2 is 1.73 bits per heavy atom. The third kappa shape index (κ3) is 2.88. The lowest BCUT2D eigenvalue weighted by Gasteiger charge is -2.15. The molecule has 0 saturated carbocycles. The van der Waals surface area contributed by atoms with Crippen LogP contribution in [0, 0.1) is 11.6 Å². The van der Waals surface area contributed by atoms with Crippen molar-refractivity contribution in [1.82, 2.24) is 10.2 Å². The van der Waals surface area contributed by atoms with E-state index in [2.05, 4.69) is 20.4 Å². The minimum absolute atomic E-state index is 0.00519. The number of halogens is 2. The first-order valence-electron chi connectivity index (χ1n) is 6.99. The molecule has 1 aliphatic rings. The van der Waals surface area contributed by atoms with E-state index in [0.717, 1.165) is 38.1 Å². The zero-order chi connectivity index (χ0) is 15.5. The van der Waals surface area contributed by atoms with Crippen LogP contribution in [0.1, 0.15) is 23.3 Å². The molecule has 1 saturated heterocycles. The number of anilines is 2. The van der Waals surface area contributed by atoms with Gasteiger partial charge in [0.2, 0.25) is 0 Å². The van der Waals surface area contributed by atoms with Gasteiger partial charge in [-0.05, 0) is 37.1 Å². The maximum absolute atomic E-state index is 13.5. The second-order valence-electron chi connectivity index (χ2n) is 5.02. The van der Waals surface area contributed by atoms with Crippen LogP contribution in [0.5, 0.6) is 0 Å². The van der Waals surface area contributed by atoms with Gasteiger partial charge in [-0.3, -0.25) is 4.79 Å². The van der Waals surface area contributed by atoms with E-state index in [-0.39, 0.29) is 5.69 Å². The van der Waals surface area contributed by atoms with Gasteiger partial charge in [0.25, 0.3) is 5.91 Å². The van der Waals surface area contributed by atoms with Crippen LogP contribution in [-0.4, -0.2) is 29.2 Å². The number of aromatic nitrogens is 2. The van der Waals surface area contributed by atoms with E-state index in [4.69, 9.17) is 0 Å². The molecule has 1 aliphatic heterocycles. The summed E-state index contributed by atoms with van der Waals surface area (Å²) in [5.74, 6) is -1.68. The van der Waals surface area contributed by atoms with E-state index >= 15 is 0 Å². The highest BCUT2D eigenvalue weighted by atomic mass is 19.1. The van der Waals surface area contributed by atoms with Crippen molar-refractivity contribution in [3.63, 3.8) is 0 Å². The van der Waals surface area contributed by atoms with Crippen molar-refractivity contribution < 1.29 is 13.6 Å². The first kappa shape index (κ1) is 14.4. The third-order valence-electron chi connectivity index (χ3n) is 3.51. The molecule has 1 aromatic carbocycles. The molecule has 7 heteroatoms. The molecule has 1 aromatic heterocycles. The number of amides is 1. The quantitative estimate of drug-likeness (QED) is 0.947. The van der Waals surface area contributed by atoms with Crippen LogP contribution in [0.2, 0.25) is 0 Å². The van der Waals surface area contributed by atoms with Crippen LogP contribution in [0.4, 0.5) is 20.3 Å². The molecule has 1 N–H and O–H groups in total. The first-order valence-corrected chi connectivity index (χ1v) is 6.99. The van der Waals surface area contributed by atoms with E-state index in [9.17, 15) is 13.6 Å². The molecular weight excluding hydrogens is 290 g/mol. The van der Waals surface area contributed by atoms with Gasteiger partial charge in [-0.25, -0.2) is 8.78 Å².